The van der Waals surface area contributed by atoms with Crippen molar-refractivity contribution in [2.24, 2.45) is 10.2 Å². The van der Waals surface area contributed by atoms with Crippen molar-refractivity contribution in [2.75, 3.05) is 13.2 Å². The normalized spacial score (nSPS) is 10.9. The maximum atomic E-state index is 13.1. The number of rotatable bonds is 16. The molecule has 4 aromatic carbocycles. The first kappa shape index (κ1) is 32.9. The summed E-state index contributed by atoms with van der Waals surface area (Å²) < 4.78 is 22.9. The van der Waals surface area contributed by atoms with Gasteiger partial charge in [-0.2, -0.15) is 5.11 Å². The lowest BCUT2D eigenvalue weighted by Gasteiger charge is -2.11. The van der Waals surface area contributed by atoms with Gasteiger partial charge < -0.3 is 18.9 Å². The number of unbranched alkanes of at least 4 members (excludes halogenated alkanes) is 4. The monoisotopic (exact) mass is 608 g/mol. The molecule has 0 atom stereocenters. The van der Waals surface area contributed by atoms with Gasteiger partial charge in [-0.3, -0.25) is 0 Å². The highest BCUT2D eigenvalue weighted by Gasteiger charge is 2.16. The summed E-state index contributed by atoms with van der Waals surface area (Å²) in [5.74, 6) is 0.492. The molecule has 0 saturated heterocycles. The summed E-state index contributed by atoms with van der Waals surface area (Å²) in [6, 6.07) is 25.7. The molecular weight excluding hydrogens is 568 g/mol. The van der Waals surface area contributed by atoms with E-state index in [4.69, 9.17) is 18.9 Å². The van der Waals surface area contributed by atoms with Crippen LogP contribution >= 0.6 is 0 Å². The van der Waals surface area contributed by atoms with Crippen molar-refractivity contribution in [3.8, 4) is 23.0 Å². The van der Waals surface area contributed by atoms with E-state index >= 15 is 0 Å². The Bertz CT molecular complexity index is 1550. The number of carbonyl (C=O) groups excluding carboxylic acids is 2. The second-order valence-corrected chi connectivity index (χ2v) is 10.6. The number of ether oxygens (including phenoxy) is 4. The van der Waals surface area contributed by atoms with Crippen LogP contribution in [0.25, 0.3) is 0 Å². The van der Waals surface area contributed by atoms with Crippen molar-refractivity contribution < 1.29 is 28.5 Å². The molecule has 0 spiro atoms. The molecule has 45 heavy (non-hydrogen) atoms. The van der Waals surface area contributed by atoms with Gasteiger partial charge in [0.25, 0.3) is 0 Å². The lowest BCUT2D eigenvalue weighted by Crippen LogP contribution is -2.10. The highest BCUT2D eigenvalue weighted by molar-refractivity contribution is 5.93. The Kier molecular flexibility index (Phi) is 12.7. The lowest BCUT2D eigenvalue weighted by molar-refractivity contribution is 0.0733. The van der Waals surface area contributed by atoms with E-state index in [2.05, 4.69) is 24.1 Å². The maximum absolute atomic E-state index is 13.1. The van der Waals surface area contributed by atoms with Crippen molar-refractivity contribution in [2.45, 2.75) is 59.3 Å². The van der Waals surface area contributed by atoms with Gasteiger partial charge in [0.05, 0.1) is 30.0 Å². The zero-order valence-corrected chi connectivity index (χ0v) is 26.2. The topological polar surface area (TPSA) is 95.8 Å². The van der Waals surface area contributed by atoms with E-state index in [-0.39, 0.29) is 11.5 Å². The van der Waals surface area contributed by atoms with E-state index in [1.807, 2.05) is 31.2 Å². The van der Waals surface area contributed by atoms with Crippen LogP contribution in [-0.4, -0.2) is 25.2 Å². The highest BCUT2D eigenvalue weighted by Crippen LogP contribution is 2.34. The molecule has 4 aromatic rings. The minimum absolute atomic E-state index is 0.0943. The molecule has 0 heterocycles. The summed E-state index contributed by atoms with van der Waals surface area (Å²) in [4.78, 5) is 26.1. The second-order valence-electron chi connectivity index (χ2n) is 10.6. The molecule has 0 N–H and O–H groups in total. The average molecular weight is 609 g/mol. The number of benzene rings is 4. The van der Waals surface area contributed by atoms with Gasteiger partial charge in [0.2, 0.25) is 0 Å². The molecule has 8 nitrogen and oxygen atoms in total. The third-order valence-electron chi connectivity index (χ3n) is 6.86. The van der Waals surface area contributed by atoms with Crippen LogP contribution in [-0.2, 0) is 0 Å². The van der Waals surface area contributed by atoms with Crippen molar-refractivity contribution in [1.82, 2.24) is 0 Å². The standard InChI is InChI=1S/C37H40N2O6/c1-4-6-8-24-42-31-18-12-28(13-19-31)36(40)44-33-22-23-34(39-38-30-16-10-27(3)11-17-30)35(26-33)45-37(41)29-14-20-32(21-15-29)43-25-9-7-5-2/h10-23,26H,4-9,24-25H2,1-3H3. The summed E-state index contributed by atoms with van der Waals surface area (Å²) in [7, 11) is 0. The Labute approximate surface area is 265 Å². The van der Waals surface area contributed by atoms with Gasteiger partial charge in [-0.05, 0) is 92.6 Å². The third kappa shape index (κ3) is 10.6. The fourth-order valence-corrected chi connectivity index (χ4v) is 4.23. The average Bonchev–Trinajstić information content (AvgIpc) is 3.06. The minimum Gasteiger partial charge on any atom is -0.494 e. The number of esters is 2. The van der Waals surface area contributed by atoms with Crippen LogP contribution in [0, 0.1) is 6.92 Å². The van der Waals surface area contributed by atoms with E-state index < -0.39 is 11.9 Å². The molecule has 4 rings (SSSR count). The molecule has 0 saturated carbocycles. The summed E-state index contributed by atoms with van der Waals surface area (Å²) in [5.41, 5.74) is 2.72. The third-order valence-corrected chi connectivity index (χ3v) is 6.86. The Morgan fingerprint density at radius 3 is 1.62 bits per heavy atom. The van der Waals surface area contributed by atoms with Gasteiger partial charge in [0.15, 0.2) is 5.75 Å². The summed E-state index contributed by atoms with van der Waals surface area (Å²) >= 11 is 0. The highest BCUT2D eigenvalue weighted by atomic mass is 16.5. The molecule has 0 fully saturated rings. The van der Waals surface area contributed by atoms with Crippen molar-refractivity contribution in [3.05, 3.63) is 108 Å². The maximum Gasteiger partial charge on any atom is 0.343 e. The van der Waals surface area contributed by atoms with Crippen molar-refractivity contribution in [3.63, 3.8) is 0 Å². The fraction of sp³-hybridized carbons (Fsp3) is 0.297. The lowest BCUT2D eigenvalue weighted by atomic mass is 10.2. The molecule has 0 aliphatic rings. The Morgan fingerprint density at radius 2 is 1.09 bits per heavy atom. The smallest absolute Gasteiger partial charge is 0.343 e. The molecule has 0 unspecified atom stereocenters. The van der Waals surface area contributed by atoms with Crippen LogP contribution in [0.4, 0.5) is 11.4 Å². The summed E-state index contributed by atoms with van der Waals surface area (Å²) in [5, 5.41) is 8.60. The van der Waals surface area contributed by atoms with Crippen molar-refractivity contribution >= 4 is 23.3 Å². The number of nitrogens with zero attached hydrogens (tertiary/aromatic N) is 2. The summed E-state index contributed by atoms with van der Waals surface area (Å²) in [6.45, 7) is 7.51. The first-order valence-corrected chi connectivity index (χ1v) is 15.5. The fourth-order valence-electron chi connectivity index (χ4n) is 4.23. The van der Waals surface area contributed by atoms with Crippen LogP contribution < -0.4 is 18.9 Å². The molecule has 0 bridgehead atoms. The van der Waals surface area contributed by atoms with Crippen LogP contribution in [0.2, 0.25) is 0 Å². The predicted octanol–water partition coefficient (Wildman–Crippen LogP) is 9.99. The first-order valence-electron chi connectivity index (χ1n) is 15.5. The van der Waals surface area contributed by atoms with E-state index in [0.717, 1.165) is 44.1 Å². The van der Waals surface area contributed by atoms with Gasteiger partial charge in [-0.15, -0.1) is 5.11 Å². The Balaban J connectivity index is 1.48. The Hall–Kier alpha value is -4.98. The SMILES string of the molecule is CCCCCOc1ccc(C(=O)Oc2ccc(N=Nc3ccc(C)cc3)c(OC(=O)c3ccc(OCCCCC)cc3)c2)cc1. The first-order chi connectivity index (χ1) is 21.9. The number of hydrogen-bond donors (Lipinski definition) is 0. The largest absolute Gasteiger partial charge is 0.494 e. The van der Waals surface area contributed by atoms with Crippen LogP contribution in [0.15, 0.2) is 101 Å². The molecular formula is C37H40N2O6. The van der Waals surface area contributed by atoms with Gasteiger partial charge in [-0.25, -0.2) is 9.59 Å². The molecule has 0 amide bonds. The second kappa shape index (κ2) is 17.3. The van der Waals surface area contributed by atoms with E-state index in [1.165, 1.54) is 6.07 Å². The van der Waals surface area contributed by atoms with Crippen molar-refractivity contribution in [1.29, 1.82) is 0 Å². The van der Waals surface area contributed by atoms with E-state index in [9.17, 15) is 9.59 Å². The molecule has 0 aliphatic heterocycles. The molecule has 234 valence electrons. The van der Waals surface area contributed by atoms with E-state index in [1.54, 1.807) is 60.7 Å². The Morgan fingerprint density at radius 1 is 0.578 bits per heavy atom. The molecule has 8 heteroatoms. The summed E-state index contributed by atoms with van der Waals surface area (Å²) in [6.07, 6.45) is 6.39. The zero-order chi connectivity index (χ0) is 31.9. The molecule has 0 radical (unpaired) electrons. The molecule has 0 aromatic heterocycles. The van der Waals surface area contributed by atoms with Gasteiger partial charge in [0.1, 0.15) is 22.9 Å². The number of carbonyl (C=O) groups is 2. The van der Waals surface area contributed by atoms with Crippen LogP contribution in [0.3, 0.4) is 0 Å². The number of azo groups is 1. The van der Waals surface area contributed by atoms with Crippen LogP contribution in [0.5, 0.6) is 23.0 Å². The molecule has 0 aliphatic carbocycles. The number of aryl methyl sites for hydroxylation is 1. The number of hydrogen-bond acceptors (Lipinski definition) is 8. The predicted molar refractivity (Wildman–Crippen MR) is 175 cm³/mol. The van der Waals surface area contributed by atoms with Gasteiger partial charge >= 0.3 is 11.9 Å². The minimum atomic E-state index is -0.600. The zero-order valence-electron chi connectivity index (χ0n) is 26.2. The van der Waals surface area contributed by atoms with Crippen LogP contribution in [0.1, 0.15) is 78.7 Å². The quantitative estimate of drug-likeness (QED) is 0.0544. The van der Waals surface area contributed by atoms with Gasteiger partial charge in [0, 0.05) is 6.07 Å². The van der Waals surface area contributed by atoms with E-state index in [0.29, 0.717) is 47.2 Å². The van der Waals surface area contributed by atoms with Gasteiger partial charge in [-0.1, -0.05) is 57.2 Å².